The first kappa shape index (κ1) is 24.2. The van der Waals surface area contributed by atoms with Crippen LogP contribution in [0.25, 0.3) is 22.6 Å². The first-order valence-electron chi connectivity index (χ1n) is 11.5. The summed E-state index contributed by atoms with van der Waals surface area (Å²) in [7, 11) is 1.48. The van der Waals surface area contributed by atoms with E-state index in [1.165, 1.54) is 7.11 Å². The van der Waals surface area contributed by atoms with Gasteiger partial charge in [0, 0.05) is 28.4 Å². The zero-order valence-corrected chi connectivity index (χ0v) is 21.2. The van der Waals surface area contributed by atoms with Crippen LogP contribution in [0.5, 0.6) is 11.5 Å². The van der Waals surface area contributed by atoms with Crippen molar-refractivity contribution < 1.29 is 14.3 Å². The van der Waals surface area contributed by atoms with Gasteiger partial charge < -0.3 is 14.3 Å². The minimum Gasteiger partial charge on any atom is -0.504 e. The van der Waals surface area contributed by atoms with Gasteiger partial charge in [-0.1, -0.05) is 35.9 Å². The Morgan fingerprint density at radius 3 is 2.51 bits per heavy atom. The van der Waals surface area contributed by atoms with Gasteiger partial charge in [-0.3, -0.25) is 4.99 Å². The lowest BCUT2D eigenvalue weighted by Crippen LogP contribution is -1.89. The number of aromatic nitrogens is 1. The fraction of sp³-hybridized carbons (Fsp3) is 0.103. The molecule has 5 aromatic rings. The minimum absolute atomic E-state index is 0.0452. The summed E-state index contributed by atoms with van der Waals surface area (Å²) >= 11 is 6.03. The predicted octanol–water partition coefficient (Wildman–Crippen LogP) is 8.65. The number of aromatic hydroxyl groups is 1. The van der Waals surface area contributed by atoms with Crippen molar-refractivity contribution in [3.63, 3.8) is 0 Å². The Balaban J connectivity index is 1.48. The van der Waals surface area contributed by atoms with E-state index in [1.807, 2.05) is 50.2 Å². The fourth-order valence-electron chi connectivity index (χ4n) is 3.81. The number of oxazole rings is 1. The second-order valence-electron chi connectivity index (χ2n) is 8.47. The molecule has 0 amide bonds. The van der Waals surface area contributed by atoms with Crippen molar-refractivity contribution in [2.75, 3.05) is 7.11 Å². The number of benzene rings is 4. The summed E-state index contributed by atoms with van der Waals surface area (Å²) in [6.45, 7) is 3.96. The first-order chi connectivity index (χ1) is 17.9. The van der Waals surface area contributed by atoms with E-state index < -0.39 is 0 Å². The molecule has 0 spiro atoms. The second-order valence-corrected chi connectivity index (χ2v) is 8.90. The molecule has 7 nitrogen and oxygen atoms in total. The molecule has 4 aromatic carbocycles. The summed E-state index contributed by atoms with van der Waals surface area (Å²) in [6, 6.07) is 22.0. The fourth-order valence-corrected chi connectivity index (χ4v) is 3.99. The standard InChI is InChI=1S/C29H23ClN4O3/c1-17-10-11-19(29-32-27-18(2)6-4-9-25(27)37-29)13-24(17)31-16-20-12-23(15-26(36-3)28(20)35)34-33-22-8-5-7-21(30)14-22/h4-16,35H,1-3H3. The van der Waals surface area contributed by atoms with Gasteiger partial charge in [-0.25, -0.2) is 4.98 Å². The minimum atomic E-state index is -0.0452. The molecule has 0 saturated heterocycles. The number of aliphatic imine (C=N–C) groups is 1. The van der Waals surface area contributed by atoms with Crippen LogP contribution in [0.15, 0.2) is 92.4 Å². The van der Waals surface area contributed by atoms with E-state index in [0.717, 1.165) is 27.8 Å². The second kappa shape index (κ2) is 10.2. The number of para-hydroxylation sites is 1. The smallest absolute Gasteiger partial charge is 0.227 e. The molecule has 0 unspecified atom stereocenters. The van der Waals surface area contributed by atoms with E-state index in [2.05, 4.69) is 20.2 Å². The van der Waals surface area contributed by atoms with Crippen molar-refractivity contribution >= 4 is 46.0 Å². The van der Waals surface area contributed by atoms with E-state index in [0.29, 0.717) is 33.5 Å². The van der Waals surface area contributed by atoms with Gasteiger partial charge in [-0.05, 0) is 67.4 Å². The summed E-state index contributed by atoms with van der Waals surface area (Å²) in [4.78, 5) is 9.31. The summed E-state index contributed by atoms with van der Waals surface area (Å²) in [6.07, 6.45) is 1.57. The van der Waals surface area contributed by atoms with Crippen molar-refractivity contribution in [1.29, 1.82) is 0 Å². The SMILES string of the molecule is COc1cc(N=Nc2cccc(Cl)c2)cc(C=Nc2cc(-c3nc4c(C)cccc4o3)ccc2C)c1O. The monoisotopic (exact) mass is 510 g/mol. The Morgan fingerprint density at radius 2 is 1.73 bits per heavy atom. The molecule has 184 valence electrons. The Bertz CT molecular complexity index is 1670. The van der Waals surface area contributed by atoms with Crippen LogP contribution in [0.4, 0.5) is 17.1 Å². The third-order valence-electron chi connectivity index (χ3n) is 5.82. The molecule has 0 bridgehead atoms. The molecular weight excluding hydrogens is 488 g/mol. The van der Waals surface area contributed by atoms with Gasteiger partial charge in [-0.2, -0.15) is 10.2 Å². The lowest BCUT2D eigenvalue weighted by molar-refractivity contribution is 0.373. The number of phenols is 1. The number of methoxy groups -OCH3 is 1. The van der Waals surface area contributed by atoms with Crippen LogP contribution in [0.1, 0.15) is 16.7 Å². The van der Waals surface area contributed by atoms with Crippen LogP contribution in [0, 0.1) is 13.8 Å². The van der Waals surface area contributed by atoms with E-state index in [1.54, 1.807) is 42.6 Å². The van der Waals surface area contributed by atoms with Crippen LogP contribution in [-0.2, 0) is 0 Å². The van der Waals surface area contributed by atoms with Gasteiger partial charge in [-0.15, -0.1) is 0 Å². The average molecular weight is 511 g/mol. The van der Waals surface area contributed by atoms with Gasteiger partial charge in [0.2, 0.25) is 5.89 Å². The van der Waals surface area contributed by atoms with Gasteiger partial charge in [0.1, 0.15) is 5.52 Å². The molecule has 1 N–H and O–H groups in total. The maximum atomic E-state index is 10.7. The molecule has 0 saturated carbocycles. The summed E-state index contributed by atoms with van der Waals surface area (Å²) in [5, 5.41) is 19.8. The number of aryl methyl sites for hydroxylation is 2. The lowest BCUT2D eigenvalue weighted by Gasteiger charge is -2.08. The quantitative estimate of drug-likeness (QED) is 0.183. The highest BCUT2D eigenvalue weighted by molar-refractivity contribution is 6.30. The number of ether oxygens (including phenoxy) is 1. The summed E-state index contributed by atoms with van der Waals surface area (Å²) in [5.74, 6) is 0.737. The van der Waals surface area contributed by atoms with Gasteiger partial charge in [0.25, 0.3) is 0 Å². The number of hydrogen-bond donors (Lipinski definition) is 1. The molecule has 0 fully saturated rings. The lowest BCUT2D eigenvalue weighted by atomic mass is 10.1. The predicted molar refractivity (Wildman–Crippen MR) is 146 cm³/mol. The molecule has 5 rings (SSSR count). The number of fused-ring (bicyclic) bond motifs is 1. The molecule has 1 aromatic heterocycles. The molecule has 37 heavy (non-hydrogen) atoms. The average Bonchev–Trinajstić information content (AvgIpc) is 3.34. The van der Waals surface area contributed by atoms with Crippen LogP contribution < -0.4 is 4.74 Å². The van der Waals surface area contributed by atoms with Crippen molar-refractivity contribution in [2.24, 2.45) is 15.2 Å². The van der Waals surface area contributed by atoms with Crippen LogP contribution in [0.3, 0.4) is 0 Å². The maximum Gasteiger partial charge on any atom is 0.227 e. The molecule has 0 aliphatic rings. The highest BCUT2D eigenvalue weighted by Crippen LogP contribution is 2.36. The summed E-state index contributed by atoms with van der Waals surface area (Å²) in [5.41, 5.74) is 6.62. The first-order valence-corrected chi connectivity index (χ1v) is 11.9. The van der Waals surface area contributed by atoms with Crippen molar-refractivity contribution in [2.45, 2.75) is 13.8 Å². The van der Waals surface area contributed by atoms with Crippen LogP contribution in [-0.4, -0.2) is 23.4 Å². The molecule has 0 radical (unpaired) electrons. The number of azo groups is 1. The van der Waals surface area contributed by atoms with Crippen molar-refractivity contribution in [1.82, 2.24) is 4.98 Å². The molecule has 0 atom stereocenters. The number of rotatable bonds is 6. The third kappa shape index (κ3) is 5.22. The van der Waals surface area contributed by atoms with Crippen LogP contribution >= 0.6 is 11.6 Å². The van der Waals surface area contributed by atoms with Gasteiger partial charge in [0.15, 0.2) is 17.1 Å². The zero-order chi connectivity index (χ0) is 25.9. The highest BCUT2D eigenvalue weighted by atomic mass is 35.5. The van der Waals surface area contributed by atoms with Crippen LogP contribution in [0.2, 0.25) is 5.02 Å². The third-order valence-corrected chi connectivity index (χ3v) is 6.05. The number of nitrogens with zero attached hydrogens (tertiary/aromatic N) is 4. The molecule has 0 aliphatic heterocycles. The Kier molecular flexibility index (Phi) is 6.70. The topological polar surface area (TPSA) is 92.6 Å². The summed E-state index contributed by atoms with van der Waals surface area (Å²) < 4.78 is 11.3. The van der Waals surface area contributed by atoms with Crippen molar-refractivity contribution in [3.05, 3.63) is 94.5 Å². The Hall–Kier alpha value is -4.49. The Morgan fingerprint density at radius 1 is 0.919 bits per heavy atom. The Labute approximate surface area is 218 Å². The van der Waals surface area contributed by atoms with Gasteiger partial charge >= 0.3 is 0 Å². The van der Waals surface area contributed by atoms with E-state index >= 15 is 0 Å². The molecular formula is C29H23ClN4O3. The number of hydrogen-bond acceptors (Lipinski definition) is 7. The highest BCUT2D eigenvalue weighted by Gasteiger charge is 2.12. The largest absolute Gasteiger partial charge is 0.504 e. The zero-order valence-electron chi connectivity index (χ0n) is 20.4. The van der Waals surface area contributed by atoms with E-state index in [-0.39, 0.29) is 11.5 Å². The number of halogens is 1. The molecule has 8 heteroatoms. The van der Waals surface area contributed by atoms with E-state index in [9.17, 15) is 5.11 Å². The van der Waals surface area contributed by atoms with E-state index in [4.69, 9.17) is 20.8 Å². The van der Waals surface area contributed by atoms with Gasteiger partial charge in [0.05, 0.1) is 24.2 Å². The number of phenolic OH excluding ortho intramolecular Hbond substituents is 1. The maximum absolute atomic E-state index is 10.7. The normalized spacial score (nSPS) is 11.7. The van der Waals surface area contributed by atoms with Crippen molar-refractivity contribution in [3.8, 4) is 23.0 Å². The molecule has 1 heterocycles. The molecule has 0 aliphatic carbocycles.